The van der Waals surface area contributed by atoms with Crippen LogP contribution in [0.2, 0.25) is 0 Å². The normalized spacial score (nSPS) is 17.0. The molecule has 0 saturated carbocycles. The first-order chi connectivity index (χ1) is 12.7. The lowest BCUT2D eigenvalue weighted by Gasteiger charge is -2.21. The summed E-state index contributed by atoms with van der Waals surface area (Å²) in [4.78, 5) is 20.0. The van der Waals surface area contributed by atoms with E-state index in [4.69, 9.17) is 5.73 Å². The molecule has 1 unspecified atom stereocenters. The number of carbonyl (C=O) groups excluding carboxylic acids is 1. The number of thiophene rings is 1. The zero-order valence-corrected chi connectivity index (χ0v) is 14.8. The minimum Gasteiger partial charge on any atom is -0.332 e. The first-order valence-electron chi connectivity index (χ1n) is 8.45. The summed E-state index contributed by atoms with van der Waals surface area (Å²) in [5.41, 5.74) is 6.30. The summed E-state index contributed by atoms with van der Waals surface area (Å²) in [5.74, 6) is 0.0344. The zero-order valence-electron chi connectivity index (χ0n) is 14.0. The average molecular weight is 371 g/mol. The van der Waals surface area contributed by atoms with Crippen molar-refractivity contribution in [3.8, 4) is 16.4 Å². The van der Waals surface area contributed by atoms with E-state index in [0.717, 1.165) is 17.7 Å². The third-order valence-electron chi connectivity index (χ3n) is 4.50. The van der Waals surface area contributed by atoms with E-state index < -0.39 is 0 Å². The quantitative estimate of drug-likeness (QED) is 0.765. The predicted molar refractivity (Wildman–Crippen MR) is 97.7 cm³/mol. The highest BCUT2D eigenvalue weighted by Crippen LogP contribution is 2.27. The topological polar surface area (TPSA) is 77.0 Å². The fourth-order valence-electron chi connectivity index (χ4n) is 3.23. The van der Waals surface area contributed by atoms with Crippen LogP contribution >= 0.6 is 11.3 Å². The SMILES string of the molecule is NCC1CCCN1C(=O)c1nc(-c2cccs2)n(-c2cccc(F)c2)n1. The van der Waals surface area contributed by atoms with E-state index in [2.05, 4.69) is 10.1 Å². The Hall–Kier alpha value is -2.58. The largest absolute Gasteiger partial charge is 0.332 e. The van der Waals surface area contributed by atoms with Crippen molar-refractivity contribution < 1.29 is 9.18 Å². The molecule has 0 radical (unpaired) electrons. The number of hydrogen-bond acceptors (Lipinski definition) is 5. The van der Waals surface area contributed by atoms with Crippen LogP contribution in [-0.4, -0.2) is 44.7 Å². The van der Waals surface area contributed by atoms with Gasteiger partial charge in [0.15, 0.2) is 5.82 Å². The number of benzene rings is 1. The number of rotatable bonds is 4. The molecular formula is C18H18FN5OS. The molecule has 3 aromatic rings. The van der Waals surface area contributed by atoms with Crippen molar-refractivity contribution in [1.82, 2.24) is 19.7 Å². The molecule has 3 heterocycles. The predicted octanol–water partition coefficient (Wildman–Crippen LogP) is 2.70. The summed E-state index contributed by atoms with van der Waals surface area (Å²) in [7, 11) is 0. The van der Waals surface area contributed by atoms with E-state index in [9.17, 15) is 9.18 Å². The van der Waals surface area contributed by atoms with Gasteiger partial charge in [0.1, 0.15) is 5.82 Å². The van der Waals surface area contributed by atoms with Gasteiger partial charge in [0.25, 0.3) is 5.91 Å². The summed E-state index contributed by atoms with van der Waals surface area (Å²) in [6, 6.07) is 9.91. The highest BCUT2D eigenvalue weighted by Gasteiger charge is 2.31. The van der Waals surface area contributed by atoms with Crippen molar-refractivity contribution in [3.05, 3.63) is 53.4 Å². The molecule has 4 rings (SSSR count). The highest BCUT2D eigenvalue weighted by atomic mass is 32.1. The van der Waals surface area contributed by atoms with Crippen LogP contribution in [0.1, 0.15) is 23.5 Å². The molecule has 1 saturated heterocycles. The molecule has 1 aliphatic rings. The van der Waals surface area contributed by atoms with Crippen molar-refractivity contribution in [2.45, 2.75) is 18.9 Å². The minimum absolute atomic E-state index is 0.0220. The van der Waals surface area contributed by atoms with Crippen LogP contribution in [0.15, 0.2) is 41.8 Å². The summed E-state index contributed by atoms with van der Waals surface area (Å²) in [5, 5.41) is 6.33. The standard InChI is InChI=1S/C18H18FN5OS/c19-12-4-1-5-13(10-12)24-17(15-7-3-9-26-15)21-16(22-24)18(25)23-8-2-6-14(23)11-20/h1,3-5,7,9-10,14H,2,6,8,11,20H2. The molecule has 134 valence electrons. The number of hydrogen-bond donors (Lipinski definition) is 1. The lowest BCUT2D eigenvalue weighted by molar-refractivity contribution is 0.0729. The Morgan fingerprint density at radius 3 is 2.96 bits per heavy atom. The van der Waals surface area contributed by atoms with Gasteiger partial charge in [-0.2, -0.15) is 0 Å². The van der Waals surface area contributed by atoms with Gasteiger partial charge < -0.3 is 10.6 Å². The van der Waals surface area contributed by atoms with Crippen LogP contribution in [0.5, 0.6) is 0 Å². The Morgan fingerprint density at radius 2 is 2.23 bits per heavy atom. The molecule has 0 bridgehead atoms. The highest BCUT2D eigenvalue weighted by molar-refractivity contribution is 7.13. The maximum atomic E-state index is 13.7. The number of halogens is 1. The number of aromatic nitrogens is 3. The third kappa shape index (κ3) is 3.02. The molecule has 0 aliphatic carbocycles. The van der Waals surface area contributed by atoms with Gasteiger partial charge in [0.2, 0.25) is 5.82 Å². The molecule has 1 fully saturated rings. The molecule has 26 heavy (non-hydrogen) atoms. The molecule has 2 N–H and O–H groups in total. The summed E-state index contributed by atoms with van der Waals surface area (Å²) in [6.45, 7) is 1.08. The number of nitrogens with two attached hydrogens (primary N) is 1. The number of carbonyl (C=O) groups is 1. The first-order valence-corrected chi connectivity index (χ1v) is 9.33. The third-order valence-corrected chi connectivity index (χ3v) is 5.37. The molecule has 2 aromatic heterocycles. The lowest BCUT2D eigenvalue weighted by Crippen LogP contribution is -2.40. The second-order valence-electron chi connectivity index (χ2n) is 6.16. The molecule has 0 spiro atoms. The maximum absolute atomic E-state index is 13.7. The van der Waals surface area contributed by atoms with Crippen molar-refractivity contribution in [2.24, 2.45) is 5.73 Å². The monoisotopic (exact) mass is 371 g/mol. The molecular weight excluding hydrogens is 353 g/mol. The van der Waals surface area contributed by atoms with Crippen molar-refractivity contribution in [1.29, 1.82) is 0 Å². The lowest BCUT2D eigenvalue weighted by atomic mass is 10.2. The van der Waals surface area contributed by atoms with E-state index in [0.29, 0.717) is 24.6 Å². The summed E-state index contributed by atoms with van der Waals surface area (Å²) >= 11 is 1.49. The van der Waals surface area contributed by atoms with Gasteiger partial charge in [0.05, 0.1) is 10.6 Å². The Kier molecular flexibility index (Phi) is 4.52. The van der Waals surface area contributed by atoms with E-state index in [-0.39, 0.29) is 23.6 Å². The number of amides is 1. The van der Waals surface area contributed by atoms with Crippen LogP contribution in [0.4, 0.5) is 4.39 Å². The van der Waals surface area contributed by atoms with E-state index >= 15 is 0 Å². The minimum atomic E-state index is -0.370. The van der Waals surface area contributed by atoms with Gasteiger partial charge in [0, 0.05) is 19.1 Å². The van der Waals surface area contributed by atoms with Crippen molar-refractivity contribution >= 4 is 17.2 Å². The Bertz CT molecular complexity index is 924. The van der Waals surface area contributed by atoms with Crippen molar-refractivity contribution in [3.63, 3.8) is 0 Å². The van der Waals surface area contributed by atoms with Gasteiger partial charge in [-0.1, -0.05) is 12.1 Å². The van der Waals surface area contributed by atoms with Gasteiger partial charge >= 0.3 is 0 Å². The van der Waals surface area contributed by atoms with Crippen LogP contribution in [0.3, 0.4) is 0 Å². The van der Waals surface area contributed by atoms with E-state index in [1.165, 1.54) is 28.2 Å². The second-order valence-corrected chi connectivity index (χ2v) is 7.11. The first kappa shape index (κ1) is 16.9. The fourth-order valence-corrected chi connectivity index (χ4v) is 3.93. The average Bonchev–Trinajstić information content (AvgIpc) is 3.40. The van der Waals surface area contributed by atoms with E-state index in [1.807, 2.05) is 17.5 Å². The molecule has 1 amide bonds. The summed E-state index contributed by atoms with van der Waals surface area (Å²) < 4.78 is 15.2. The fraction of sp³-hybridized carbons (Fsp3) is 0.278. The molecule has 6 nitrogen and oxygen atoms in total. The van der Waals surface area contributed by atoms with Crippen LogP contribution in [0, 0.1) is 5.82 Å². The zero-order chi connectivity index (χ0) is 18.1. The van der Waals surface area contributed by atoms with Crippen LogP contribution < -0.4 is 5.73 Å². The van der Waals surface area contributed by atoms with Crippen LogP contribution in [0.25, 0.3) is 16.4 Å². The Morgan fingerprint density at radius 1 is 1.35 bits per heavy atom. The van der Waals surface area contributed by atoms with Crippen LogP contribution in [-0.2, 0) is 0 Å². The second kappa shape index (κ2) is 6.97. The van der Waals surface area contributed by atoms with Gasteiger partial charge in [-0.15, -0.1) is 16.4 Å². The maximum Gasteiger partial charge on any atom is 0.293 e. The van der Waals surface area contributed by atoms with Gasteiger partial charge in [-0.05, 0) is 42.5 Å². The smallest absolute Gasteiger partial charge is 0.293 e. The molecule has 1 atom stereocenters. The Balaban J connectivity index is 1.78. The van der Waals surface area contributed by atoms with Crippen molar-refractivity contribution in [2.75, 3.05) is 13.1 Å². The molecule has 1 aliphatic heterocycles. The Labute approximate surface area is 154 Å². The molecule has 8 heteroatoms. The van der Waals surface area contributed by atoms with Gasteiger partial charge in [-0.25, -0.2) is 14.1 Å². The number of nitrogens with zero attached hydrogens (tertiary/aromatic N) is 4. The molecule has 1 aromatic carbocycles. The summed E-state index contributed by atoms with van der Waals surface area (Å²) in [6.07, 6.45) is 1.82. The van der Waals surface area contributed by atoms with Gasteiger partial charge in [-0.3, -0.25) is 4.79 Å². The van der Waals surface area contributed by atoms with E-state index in [1.54, 1.807) is 17.0 Å². The number of likely N-dealkylation sites (tertiary alicyclic amines) is 1.